The van der Waals surface area contributed by atoms with Gasteiger partial charge in [-0.05, 0) is 23.1 Å². The molecule has 1 nitrogen and oxygen atoms in total. The Kier molecular flexibility index (Phi) is 2.88. The summed E-state index contributed by atoms with van der Waals surface area (Å²) in [5.74, 6) is 0.667. The average Bonchev–Trinajstić information content (AvgIpc) is 2.64. The van der Waals surface area contributed by atoms with Gasteiger partial charge in [-0.25, -0.2) is 0 Å². The predicted octanol–water partition coefficient (Wildman–Crippen LogP) is 3.73. The number of anilines is 1. The van der Waals surface area contributed by atoms with E-state index in [9.17, 15) is 13.2 Å². The van der Waals surface area contributed by atoms with Gasteiger partial charge in [-0.3, -0.25) is 0 Å². The van der Waals surface area contributed by atoms with E-state index in [2.05, 4.69) is 6.58 Å². The quantitative estimate of drug-likeness (QED) is 0.741. The van der Waals surface area contributed by atoms with Crippen molar-refractivity contribution in [3.8, 4) is 0 Å². The highest BCUT2D eigenvalue weighted by molar-refractivity contribution is 8.03. The Morgan fingerprint density at radius 2 is 2.06 bits per heavy atom. The molecule has 0 radical (unpaired) electrons. The van der Waals surface area contributed by atoms with E-state index in [1.807, 2.05) is 4.90 Å². The van der Waals surface area contributed by atoms with Crippen LogP contribution in [0.4, 0.5) is 18.9 Å². The number of hydrogen-bond donors (Lipinski definition) is 0. The molecule has 0 atom stereocenters. The molecule has 0 N–H and O–H groups in total. The van der Waals surface area contributed by atoms with Crippen LogP contribution in [-0.4, -0.2) is 12.4 Å². The van der Waals surface area contributed by atoms with Crippen LogP contribution < -0.4 is 4.90 Å². The Labute approximate surface area is 95.9 Å². The fraction of sp³-hybridized carbons (Fsp3) is 0.273. The van der Waals surface area contributed by atoms with Gasteiger partial charge in [-0.15, -0.1) is 11.8 Å². The topological polar surface area (TPSA) is 3.24 Å². The lowest BCUT2D eigenvalue weighted by Gasteiger charge is -2.17. The lowest BCUT2D eigenvalue weighted by molar-refractivity contribution is -0.137. The van der Waals surface area contributed by atoms with Gasteiger partial charge in [0.1, 0.15) is 0 Å². The van der Waals surface area contributed by atoms with Crippen LogP contribution in [0.15, 0.2) is 35.7 Å². The third-order valence-corrected chi connectivity index (χ3v) is 3.31. The van der Waals surface area contributed by atoms with Gasteiger partial charge in [0.25, 0.3) is 0 Å². The summed E-state index contributed by atoms with van der Waals surface area (Å²) in [6, 6.07) is 5.39. The van der Waals surface area contributed by atoms with Crippen molar-refractivity contribution >= 4 is 17.4 Å². The second-order valence-corrected chi connectivity index (χ2v) is 4.68. The zero-order valence-corrected chi connectivity index (χ0v) is 9.24. The number of alkyl halides is 3. The van der Waals surface area contributed by atoms with Crippen molar-refractivity contribution in [1.29, 1.82) is 0 Å². The highest BCUT2D eigenvalue weighted by Crippen LogP contribution is 2.34. The van der Waals surface area contributed by atoms with Crippen LogP contribution in [0.1, 0.15) is 5.56 Å². The minimum Gasteiger partial charge on any atom is -0.357 e. The first-order chi connectivity index (χ1) is 7.47. The molecule has 0 aliphatic carbocycles. The van der Waals surface area contributed by atoms with E-state index < -0.39 is 11.7 Å². The largest absolute Gasteiger partial charge is 0.416 e. The molecule has 0 saturated carbocycles. The van der Waals surface area contributed by atoms with Crippen LogP contribution >= 0.6 is 11.8 Å². The van der Waals surface area contributed by atoms with Crippen molar-refractivity contribution in [2.75, 3.05) is 17.3 Å². The van der Waals surface area contributed by atoms with E-state index in [0.717, 1.165) is 11.0 Å². The van der Waals surface area contributed by atoms with E-state index >= 15 is 0 Å². The number of benzene rings is 1. The second kappa shape index (κ2) is 4.05. The van der Waals surface area contributed by atoms with E-state index in [0.29, 0.717) is 18.1 Å². The first-order valence-electron chi connectivity index (χ1n) is 4.69. The van der Waals surface area contributed by atoms with E-state index in [4.69, 9.17) is 0 Å². The molecule has 1 aliphatic heterocycles. The highest BCUT2D eigenvalue weighted by atomic mass is 32.2. The van der Waals surface area contributed by atoms with Crippen LogP contribution in [0.25, 0.3) is 0 Å². The SMILES string of the molecule is C=C1CN(c2cccc(C(F)(F)F)c2)CS1. The van der Waals surface area contributed by atoms with Crippen LogP contribution in [0.3, 0.4) is 0 Å². The second-order valence-electron chi connectivity index (χ2n) is 3.56. The van der Waals surface area contributed by atoms with Crippen molar-refractivity contribution in [3.05, 3.63) is 41.3 Å². The van der Waals surface area contributed by atoms with Gasteiger partial charge in [-0.1, -0.05) is 12.6 Å². The van der Waals surface area contributed by atoms with E-state index in [-0.39, 0.29) is 0 Å². The molecule has 2 rings (SSSR count). The first kappa shape index (κ1) is 11.4. The van der Waals surface area contributed by atoms with Gasteiger partial charge in [0.05, 0.1) is 11.4 Å². The van der Waals surface area contributed by atoms with Crippen LogP contribution in [0.5, 0.6) is 0 Å². The van der Waals surface area contributed by atoms with Crippen molar-refractivity contribution in [1.82, 2.24) is 0 Å². The van der Waals surface area contributed by atoms with Crippen molar-refractivity contribution < 1.29 is 13.2 Å². The number of thioether (sulfide) groups is 1. The molecule has 16 heavy (non-hydrogen) atoms. The zero-order chi connectivity index (χ0) is 11.8. The Balaban J connectivity index is 2.26. The molecule has 5 heteroatoms. The first-order valence-corrected chi connectivity index (χ1v) is 5.68. The molecule has 0 spiro atoms. The lowest BCUT2D eigenvalue weighted by atomic mass is 10.2. The minimum absolute atomic E-state index is 0.598. The predicted molar refractivity (Wildman–Crippen MR) is 60.4 cm³/mol. The van der Waals surface area contributed by atoms with Crippen LogP contribution in [0, 0.1) is 0 Å². The standard InChI is InChI=1S/C11H10F3NS/c1-8-6-15(7-16-8)10-4-2-3-9(5-10)11(12,13)14/h2-5H,1,6-7H2. The number of rotatable bonds is 1. The fourth-order valence-corrected chi connectivity index (χ4v) is 2.34. The number of nitrogens with zero attached hydrogens (tertiary/aromatic N) is 1. The molecule has 86 valence electrons. The zero-order valence-electron chi connectivity index (χ0n) is 8.42. The molecule has 1 heterocycles. The maximum Gasteiger partial charge on any atom is 0.416 e. The maximum absolute atomic E-state index is 12.5. The van der Waals surface area contributed by atoms with Crippen molar-refractivity contribution in [2.24, 2.45) is 0 Å². The molecule has 1 saturated heterocycles. The van der Waals surface area contributed by atoms with Gasteiger partial charge in [0.2, 0.25) is 0 Å². The normalized spacial score (nSPS) is 16.9. The summed E-state index contributed by atoms with van der Waals surface area (Å²) in [5, 5.41) is 0. The van der Waals surface area contributed by atoms with Crippen LogP contribution in [-0.2, 0) is 6.18 Å². The van der Waals surface area contributed by atoms with Gasteiger partial charge in [-0.2, -0.15) is 13.2 Å². The average molecular weight is 245 g/mol. The molecule has 0 bridgehead atoms. The number of halogens is 3. The molecule has 0 amide bonds. The maximum atomic E-state index is 12.5. The summed E-state index contributed by atoms with van der Waals surface area (Å²) in [6.07, 6.45) is -4.28. The summed E-state index contributed by atoms with van der Waals surface area (Å²) >= 11 is 1.56. The minimum atomic E-state index is -4.28. The van der Waals surface area contributed by atoms with Crippen molar-refractivity contribution in [2.45, 2.75) is 6.18 Å². The summed E-state index contributed by atoms with van der Waals surface area (Å²) < 4.78 is 37.5. The molecule has 0 unspecified atom stereocenters. The monoisotopic (exact) mass is 245 g/mol. The molecular formula is C11H10F3NS. The number of hydrogen-bond acceptors (Lipinski definition) is 2. The smallest absolute Gasteiger partial charge is 0.357 e. The van der Waals surface area contributed by atoms with E-state index in [1.54, 1.807) is 17.8 Å². The van der Waals surface area contributed by atoms with E-state index in [1.165, 1.54) is 12.1 Å². The van der Waals surface area contributed by atoms with Gasteiger partial charge >= 0.3 is 6.18 Å². The Bertz CT molecular complexity index is 414. The fourth-order valence-electron chi connectivity index (χ4n) is 1.52. The lowest BCUT2D eigenvalue weighted by Crippen LogP contribution is -2.18. The summed E-state index contributed by atoms with van der Waals surface area (Å²) in [5.41, 5.74) is -0.00603. The van der Waals surface area contributed by atoms with Gasteiger partial charge < -0.3 is 4.90 Å². The third-order valence-electron chi connectivity index (χ3n) is 2.33. The molecule has 1 aliphatic rings. The Hall–Kier alpha value is -1.10. The molecule has 0 aromatic heterocycles. The highest BCUT2D eigenvalue weighted by Gasteiger charge is 2.31. The molecule has 1 fully saturated rings. The molecular weight excluding hydrogens is 235 g/mol. The molecule has 1 aromatic rings. The summed E-state index contributed by atoms with van der Waals surface area (Å²) in [6.45, 7) is 4.42. The Morgan fingerprint density at radius 3 is 2.62 bits per heavy atom. The molecule has 1 aromatic carbocycles. The Morgan fingerprint density at radius 1 is 1.31 bits per heavy atom. The third kappa shape index (κ3) is 2.35. The van der Waals surface area contributed by atoms with Gasteiger partial charge in [0, 0.05) is 12.2 Å². The van der Waals surface area contributed by atoms with Crippen molar-refractivity contribution in [3.63, 3.8) is 0 Å². The summed E-state index contributed by atoms with van der Waals surface area (Å²) in [4.78, 5) is 2.86. The summed E-state index contributed by atoms with van der Waals surface area (Å²) in [7, 11) is 0. The van der Waals surface area contributed by atoms with Gasteiger partial charge in [0.15, 0.2) is 0 Å². The van der Waals surface area contributed by atoms with Crippen LogP contribution in [0.2, 0.25) is 0 Å².